The lowest BCUT2D eigenvalue weighted by molar-refractivity contribution is -0.125. The number of carbonyl (C=O) groups is 3. The number of para-hydroxylation sites is 1. The average Bonchev–Trinajstić information content (AvgIpc) is 3.32. The molecule has 2 heterocycles. The van der Waals surface area contributed by atoms with Crippen molar-refractivity contribution in [3.8, 4) is 0 Å². The molecule has 8 heteroatoms. The summed E-state index contributed by atoms with van der Waals surface area (Å²) in [5, 5.41) is 3.63. The number of hydrogen-bond acceptors (Lipinski definition) is 5. The number of nitrogens with zero attached hydrogens (tertiary/aromatic N) is 2. The molecule has 0 bridgehead atoms. The Kier molecular flexibility index (Phi) is 5.50. The van der Waals surface area contributed by atoms with Gasteiger partial charge in [0.15, 0.2) is 0 Å². The van der Waals surface area contributed by atoms with Gasteiger partial charge in [0.1, 0.15) is 11.3 Å². The minimum atomic E-state index is -0.267. The summed E-state index contributed by atoms with van der Waals surface area (Å²) < 4.78 is 5.86. The molecule has 1 unspecified atom stereocenters. The lowest BCUT2D eigenvalue weighted by atomic mass is 10.2. The van der Waals surface area contributed by atoms with Gasteiger partial charge in [0.25, 0.3) is 5.24 Å². The van der Waals surface area contributed by atoms with Crippen molar-refractivity contribution in [3.63, 3.8) is 0 Å². The van der Waals surface area contributed by atoms with Crippen LogP contribution in [0.5, 0.6) is 0 Å². The number of urea groups is 1. The first-order valence-corrected chi connectivity index (χ1v) is 10.5. The van der Waals surface area contributed by atoms with Crippen molar-refractivity contribution >= 4 is 45.6 Å². The first-order valence-electron chi connectivity index (χ1n) is 9.51. The number of imide groups is 1. The lowest BCUT2D eigenvalue weighted by Crippen LogP contribution is -2.33. The maximum Gasteiger partial charge on any atom is 0.322 e. The number of hydrogen-bond donors (Lipinski definition) is 1. The summed E-state index contributed by atoms with van der Waals surface area (Å²) in [4.78, 5) is 38.9. The van der Waals surface area contributed by atoms with Crippen LogP contribution >= 0.6 is 11.8 Å². The fourth-order valence-corrected chi connectivity index (χ4v) is 3.92. The van der Waals surface area contributed by atoms with E-state index in [9.17, 15) is 14.4 Å². The highest BCUT2D eigenvalue weighted by Gasteiger charge is 2.29. The van der Waals surface area contributed by atoms with Crippen LogP contribution in [0.3, 0.4) is 0 Å². The molecular weight excluding hydrogens is 402 g/mol. The van der Waals surface area contributed by atoms with E-state index in [4.69, 9.17) is 4.42 Å². The first kappa shape index (κ1) is 20.0. The molecule has 0 aliphatic carbocycles. The molecule has 0 radical (unpaired) electrons. The Balaban J connectivity index is 1.39. The number of anilines is 1. The molecule has 154 valence electrons. The van der Waals surface area contributed by atoms with Crippen molar-refractivity contribution in [3.05, 3.63) is 65.9 Å². The van der Waals surface area contributed by atoms with Crippen LogP contribution < -0.4 is 5.32 Å². The Hall–Kier alpha value is -3.26. The van der Waals surface area contributed by atoms with Crippen LogP contribution in [0.2, 0.25) is 0 Å². The number of carbonyl (C=O) groups excluding carboxylic acids is 3. The second-order valence-electron chi connectivity index (χ2n) is 7.14. The van der Waals surface area contributed by atoms with Gasteiger partial charge in [-0.15, -0.1) is 0 Å². The molecule has 3 aromatic rings. The van der Waals surface area contributed by atoms with Gasteiger partial charge < -0.3 is 14.6 Å². The number of nitrogens with one attached hydrogen (secondary N) is 1. The van der Waals surface area contributed by atoms with Crippen LogP contribution in [0.25, 0.3) is 11.0 Å². The monoisotopic (exact) mass is 423 g/mol. The van der Waals surface area contributed by atoms with Crippen molar-refractivity contribution < 1.29 is 18.8 Å². The van der Waals surface area contributed by atoms with E-state index in [0.29, 0.717) is 11.4 Å². The predicted molar refractivity (Wildman–Crippen MR) is 116 cm³/mol. The summed E-state index contributed by atoms with van der Waals surface area (Å²) in [5.41, 5.74) is 2.24. The number of thioether (sulfide) groups is 1. The van der Waals surface area contributed by atoms with Gasteiger partial charge in [-0.2, -0.15) is 0 Å². The fourth-order valence-electron chi connectivity index (χ4n) is 3.20. The molecule has 1 N–H and O–H groups in total. The number of fused-ring (bicyclic) bond motifs is 1. The molecule has 1 aliphatic rings. The largest absolute Gasteiger partial charge is 0.459 e. The quantitative estimate of drug-likeness (QED) is 0.634. The first-order chi connectivity index (χ1) is 14.4. The molecule has 4 rings (SSSR count). The SMILES string of the molecule is CC(c1cc2ccccc2o1)N(C)C(=O)Nc1ccc(CN2C(=O)CSC2=O)cc1. The lowest BCUT2D eigenvalue weighted by Gasteiger charge is -2.23. The molecule has 0 saturated carbocycles. The summed E-state index contributed by atoms with van der Waals surface area (Å²) in [5.74, 6) is 0.730. The van der Waals surface area contributed by atoms with Crippen LogP contribution in [-0.4, -0.2) is 39.8 Å². The minimum absolute atomic E-state index is 0.177. The van der Waals surface area contributed by atoms with E-state index in [1.54, 1.807) is 36.2 Å². The third kappa shape index (κ3) is 4.04. The van der Waals surface area contributed by atoms with Crippen LogP contribution in [0.4, 0.5) is 15.3 Å². The van der Waals surface area contributed by atoms with Gasteiger partial charge in [-0.05, 0) is 36.8 Å². The number of furan rings is 1. The molecule has 2 aromatic carbocycles. The summed E-state index contributed by atoms with van der Waals surface area (Å²) in [6, 6.07) is 16.2. The molecule has 7 nitrogen and oxygen atoms in total. The van der Waals surface area contributed by atoms with Gasteiger partial charge >= 0.3 is 6.03 Å². The molecule has 0 spiro atoms. The van der Waals surface area contributed by atoms with Crippen molar-refractivity contribution in [1.29, 1.82) is 0 Å². The van der Waals surface area contributed by atoms with E-state index in [-0.39, 0.29) is 35.5 Å². The van der Waals surface area contributed by atoms with Crippen molar-refractivity contribution in [1.82, 2.24) is 9.80 Å². The Morgan fingerprint density at radius 2 is 1.93 bits per heavy atom. The zero-order valence-electron chi connectivity index (χ0n) is 16.6. The van der Waals surface area contributed by atoms with Crippen LogP contribution in [0, 0.1) is 0 Å². The second-order valence-corrected chi connectivity index (χ2v) is 8.06. The third-order valence-electron chi connectivity index (χ3n) is 5.14. The molecule has 1 fully saturated rings. The predicted octanol–water partition coefficient (Wildman–Crippen LogP) is 4.85. The molecule has 1 atom stereocenters. The van der Waals surface area contributed by atoms with E-state index in [1.165, 1.54) is 4.90 Å². The van der Waals surface area contributed by atoms with Crippen molar-refractivity contribution in [2.24, 2.45) is 0 Å². The zero-order chi connectivity index (χ0) is 21.3. The van der Waals surface area contributed by atoms with E-state index < -0.39 is 0 Å². The summed E-state index contributed by atoms with van der Waals surface area (Å²) in [6.45, 7) is 2.14. The van der Waals surface area contributed by atoms with E-state index in [1.807, 2.05) is 37.3 Å². The van der Waals surface area contributed by atoms with Gasteiger partial charge in [0.2, 0.25) is 5.91 Å². The standard InChI is InChI=1S/C22H21N3O4S/c1-14(19-11-16-5-3-4-6-18(16)29-19)24(2)21(27)23-17-9-7-15(8-10-17)12-25-20(26)13-30-22(25)28/h3-11,14H,12-13H2,1-2H3,(H,23,27). The van der Waals surface area contributed by atoms with Crippen LogP contribution in [-0.2, 0) is 11.3 Å². The van der Waals surface area contributed by atoms with Crippen LogP contribution in [0.1, 0.15) is 24.3 Å². The molecule has 1 aliphatic heterocycles. The fraction of sp³-hybridized carbons (Fsp3) is 0.227. The number of rotatable bonds is 5. The van der Waals surface area contributed by atoms with Crippen molar-refractivity contribution in [2.45, 2.75) is 19.5 Å². The highest BCUT2D eigenvalue weighted by Crippen LogP contribution is 2.27. The van der Waals surface area contributed by atoms with E-state index in [2.05, 4.69) is 5.32 Å². The topological polar surface area (TPSA) is 82.9 Å². The highest BCUT2D eigenvalue weighted by molar-refractivity contribution is 8.14. The molecule has 1 aromatic heterocycles. The van der Waals surface area contributed by atoms with Gasteiger partial charge in [-0.1, -0.05) is 42.1 Å². The van der Waals surface area contributed by atoms with Crippen LogP contribution in [0.15, 0.2) is 59.0 Å². The van der Waals surface area contributed by atoms with Gasteiger partial charge in [-0.3, -0.25) is 14.5 Å². The zero-order valence-corrected chi connectivity index (χ0v) is 17.4. The molecule has 30 heavy (non-hydrogen) atoms. The maximum absolute atomic E-state index is 12.7. The van der Waals surface area contributed by atoms with E-state index in [0.717, 1.165) is 28.3 Å². The molecule has 4 amide bonds. The summed E-state index contributed by atoms with van der Waals surface area (Å²) in [6.07, 6.45) is 0. The Morgan fingerprint density at radius 3 is 2.60 bits per heavy atom. The normalized spacial score (nSPS) is 14.9. The summed E-state index contributed by atoms with van der Waals surface area (Å²) >= 11 is 1.02. The van der Waals surface area contributed by atoms with Crippen molar-refractivity contribution in [2.75, 3.05) is 18.1 Å². The summed E-state index contributed by atoms with van der Waals surface area (Å²) in [7, 11) is 1.71. The minimum Gasteiger partial charge on any atom is -0.459 e. The number of benzene rings is 2. The van der Waals surface area contributed by atoms with Gasteiger partial charge in [0, 0.05) is 18.1 Å². The Bertz CT molecular complexity index is 1060. The molecule has 1 saturated heterocycles. The Morgan fingerprint density at radius 1 is 1.20 bits per heavy atom. The highest BCUT2D eigenvalue weighted by atomic mass is 32.2. The van der Waals surface area contributed by atoms with Gasteiger partial charge in [-0.25, -0.2) is 4.79 Å². The van der Waals surface area contributed by atoms with Gasteiger partial charge in [0.05, 0.1) is 18.3 Å². The third-order valence-corrected chi connectivity index (χ3v) is 6.00. The second kappa shape index (κ2) is 8.23. The van der Waals surface area contributed by atoms with E-state index >= 15 is 0 Å². The average molecular weight is 423 g/mol. The number of amides is 4. The Labute approximate surface area is 178 Å². The maximum atomic E-state index is 12.7. The smallest absolute Gasteiger partial charge is 0.322 e. The molecular formula is C22H21N3O4S.